The summed E-state index contributed by atoms with van der Waals surface area (Å²) in [6.07, 6.45) is 17.7. The summed E-state index contributed by atoms with van der Waals surface area (Å²) in [5, 5.41) is 18.2. The van der Waals surface area contributed by atoms with Gasteiger partial charge in [0, 0.05) is 6.08 Å². The van der Waals surface area contributed by atoms with Crippen LogP contribution >= 0.6 is 0 Å². The third kappa shape index (κ3) is 17.1. The van der Waals surface area contributed by atoms with Crippen LogP contribution in [0.3, 0.4) is 0 Å². The average Bonchev–Trinajstić information content (AvgIpc) is 2.44. The molecule has 21 heavy (non-hydrogen) atoms. The Labute approximate surface area is 130 Å². The summed E-state index contributed by atoms with van der Waals surface area (Å²) in [4.78, 5) is 10.3. The first kappa shape index (κ1) is 20.2. The molecule has 0 saturated carbocycles. The molecule has 124 valence electrons. The monoisotopic (exact) mass is 298 g/mol. The van der Waals surface area contributed by atoms with Gasteiger partial charge in [0.15, 0.2) is 0 Å². The van der Waals surface area contributed by atoms with Crippen molar-refractivity contribution in [3.8, 4) is 0 Å². The molecule has 3 heteroatoms. The van der Waals surface area contributed by atoms with E-state index >= 15 is 0 Å². The molecule has 0 bridgehead atoms. The van der Waals surface area contributed by atoms with E-state index in [1.807, 2.05) is 0 Å². The largest absolute Gasteiger partial charge is 0.478 e. The van der Waals surface area contributed by atoms with Crippen molar-refractivity contribution in [1.82, 2.24) is 0 Å². The van der Waals surface area contributed by atoms with Crippen LogP contribution in [-0.4, -0.2) is 22.3 Å². The number of allylic oxidation sites excluding steroid dienone is 1. The quantitative estimate of drug-likeness (QED) is 0.327. The molecule has 0 aliphatic heterocycles. The van der Waals surface area contributed by atoms with Gasteiger partial charge >= 0.3 is 5.97 Å². The topological polar surface area (TPSA) is 57.5 Å². The van der Waals surface area contributed by atoms with Gasteiger partial charge in [-0.05, 0) is 25.7 Å². The van der Waals surface area contributed by atoms with Gasteiger partial charge in [-0.15, -0.1) is 0 Å². The molecule has 3 nitrogen and oxygen atoms in total. The number of carboxylic acids is 1. The number of carbonyl (C=O) groups is 1. The molecule has 2 N–H and O–H groups in total. The number of carboxylic acid groups (broad SMARTS) is 1. The minimum absolute atomic E-state index is 0.0856. The fourth-order valence-corrected chi connectivity index (χ4v) is 2.48. The Balaban J connectivity index is 3.16. The molecular weight excluding hydrogens is 264 g/mol. The maximum absolute atomic E-state index is 10.3. The Morgan fingerprint density at radius 2 is 1.43 bits per heavy atom. The second-order valence-corrected chi connectivity index (χ2v) is 5.94. The van der Waals surface area contributed by atoms with Gasteiger partial charge in [0.1, 0.15) is 0 Å². The highest BCUT2D eigenvalue weighted by atomic mass is 16.4. The highest BCUT2D eigenvalue weighted by Crippen LogP contribution is 2.13. The normalized spacial score (nSPS) is 12.9. The predicted molar refractivity (Wildman–Crippen MR) is 88.5 cm³/mol. The van der Waals surface area contributed by atoms with Crippen LogP contribution in [0.1, 0.15) is 90.4 Å². The Bertz CT molecular complexity index is 261. The van der Waals surface area contributed by atoms with Crippen molar-refractivity contribution in [1.29, 1.82) is 0 Å². The van der Waals surface area contributed by atoms with Crippen LogP contribution in [0.15, 0.2) is 12.2 Å². The lowest BCUT2D eigenvalue weighted by Gasteiger charge is -2.09. The molecular formula is C18H34O3. The molecule has 0 radical (unpaired) electrons. The molecule has 0 heterocycles. The van der Waals surface area contributed by atoms with Crippen molar-refractivity contribution in [3.63, 3.8) is 0 Å². The average molecular weight is 298 g/mol. The van der Waals surface area contributed by atoms with Crippen LogP contribution in [0.2, 0.25) is 0 Å². The fourth-order valence-electron chi connectivity index (χ4n) is 2.48. The summed E-state index contributed by atoms with van der Waals surface area (Å²) < 4.78 is 0. The van der Waals surface area contributed by atoms with E-state index in [2.05, 4.69) is 6.92 Å². The Morgan fingerprint density at radius 1 is 0.905 bits per heavy atom. The predicted octanol–water partition coefficient (Wildman–Crippen LogP) is 5.08. The number of aliphatic hydroxyl groups excluding tert-OH is 1. The summed E-state index contributed by atoms with van der Waals surface area (Å²) >= 11 is 0. The third-order valence-corrected chi connectivity index (χ3v) is 3.81. The fraction of sp³-hybridized carbons (Fsp3) is 0.833. The van der Waals surface area contributed by atoms with Crippen LogP contribution in [0.5, 0.6) is 0 Å². The van der Waals surface area contributed by atoms with E-state index in [1.165, 1.54) is 51.0 Å². The first-order valence-electron chi connectivity index (χ1n) is 8.74. The summed E-state index contributed by atoms with van der Waals surface area (Å²) in [5.41, 5.74) is 0. The van der Waals surface area contributed by atoms with Gasteiger partial charge in [0.25, 0.3) is 0 Å². The maximum atomic E-state index is 10.3. The summed E-state index contributed by atoms with van der Waals surface area (Å²) in [5.74, 6) is -0.855. The summed E-state index contributed by atoms with van der Waals surface area (Å²) in [6.45, 7) is 2.19. The SMILES string of the molecule is CCCCCC(O)CCCCCCCCC/C=C/C(=O)O. The smallest absolute Gasteiger partial charge is 0.327 e. The van der Waals surface area contributed by atoms with Crippen LogP contribution in [0.25, 0.3) is 0 Å². The maximum Gasteiger partial charge on any atom is 0.327 e. The van der Waals surface area contributed by atoms with E-state index in [0.29, 0.717) is 0 Å². The van der Waals surface area contributed by atoms with Gasteiger partial charge < -0.3 is 10.2 Å². The lowest BCUT2D eigenvalue weighted by Crippen LogP contribution is -2.05. The second kappa shape index (κ2) is 15.6. The lowest BCUT2D eigenvalue weighted by molar-refractivity contribution is -0.131. The van der Waals surface area contributed by atoms with Crippen molar-refractivity contribution in [2.45, 2.75) is 96.5 Å². The van der Waals surface area contributed by atoms with Crippen molar-refractivity contribution < 1.29 is 15.0 Å². The van der Waals surface area contributed by atoms with Crippen molar-refractivity contribution in [2.24, 2.45) is 0 Å². The third-order valence-electron chi connectivity index (χ3n) is 3.81. The van der Waals surface area contributed by atoms with E-state index in [4.69, 9.17) is 5.11 Å². The molecule has 0 saturated heterocycles. The molecule has 1 unspecified atom stereocenters. The molecule has 1 atom stereocenters. The van der Waals surface area contributed by atoms with Gasteiger partial charge in [0.05, 0.1) is 6.10 Å². The minimum atomic E-state index is -0.855. The van der Waals surface area contributed by atoms with Gasteiger partial charge in [-0.2, -0.15) is 0 Å². The van der Waals surface area contributed by atoms with Crippen LogP contribution in [0, 0.1) is 0 Å². The molecule has 0 rings (SSSR count). The van der Waals surface area contributed by atoms with Crippen LogP contribution in [0.4, 0.5) is 0 Å². The molecule has 0 aliphatic carbocycles. The Hall–Kier alpha value is -0.830. The zero-order chi connectivity index (χ0) is 15.8. The highest BCUT2D eigenvalue weighted by Gasteiger charge is 2.02. The molecule has 0 aromatic carbocycles. The molecule has 0 aromatic heterocycles. The van der Waals surface area contributed by atoms with Crippen LogP contribution in [-0.2, 0) is 4.79 Å². The zero-order valence-electron chi connectivity index (χ0n) is 13.7. The standard InChI is InChI=1S/C18H34O3/c1-2-3-11-14-17(19)15-12-9-7-5-4-6-8-10-13-16-18(20)21/h13,16-17,19H,2-12,14-15H2,1H3,(H,20,21)/b16-13+. The lowest BCUT2D eigenvalue weighted by atomic mass is 10.0. The molecule has 0 aliphatic rings. The van der Waals surface area contributed by atoms with E-state index < -0.39 is 5.97 Å². The van der Waals surface area contributed by atoms with Gasteiger partial charge in [0.2, 0.25) is 0 Å². The van der Waals surface area contributed by atoms with E-state index in [0.717, 1.165) is 38.5 Å². The van der Waals surface area contributed by atoms with Gasteiger partial charge in [-0.25, -0.2) is 4.79 Å². The first-order valence-corrected chi connectivity index (χ1v) is 8.74. The number of hydrogen-bond donors (Lipinski definition) is 2. The Kier molecular flexibility index (Phi) is 14.9. The van der Waals surface area contributed by atoms with Gasteiger partial charge in [-0.3, -0.25) is 0 Å². The van der Waals surface area contributed by atoms with Crippen LogP contribution < -0.4 is 0 Å². The van der Waals surface area contributed by atoms with Crippen molar-refractivity contribution >= 4 is 5.97 Å². The van der Waals surface area contributed by atoms with Crippen molar-refractivity contribution in [2.75, 3.05) is 0 Å². The summed E-state index contributed by atoms with van der Waals surface area (Å²) in [7, 11) is 0. The molecule has 0 fully saturated rings. The number of aliphatic hydroxyl groups is 1. The number of hydrogen-bond acceptors (Lipinski definition) is 2. The second-order valence-electron chi connectivity index (χ2n) is 5.94. The molecule has 0 amide bonds. The number of unbranched alkanes of at least 4 members (excludes halogenated alkanes) is 9. The van der Waals surface area contributed by atoms with E-state index in [1.54, 1.807) is 6.08 Å². The van der Waals surface area contributed by atoms with Gasteiger partial charge in [-0.1, -0.05) is 70.8 Å². The highest BCUT2D eigenvalue weighted by molar-refractivity contribution is 5.79. The number of aliphatic carboxylic acids is 1. The first-order chi connectivity index (χ1) is 10.2. The van der Waals surface area contributed by atoms with E-state index in [-0.39, 0.29) is 6.10 Å². The Morgan fingerprint density at radius 3 is 2.00 bits per heavy atom. The van der Waals surface area contributed by atoms with Crippen molar-refractivity contribution in [3.05, 3.63) is 12.2 Å². The minimum Gasteiger partial charge on any atom is -0.478 e. The molecule has 0 aromatic rings. The number of rotatable bonds is 15. The zero-order valence-corrected chi connectivity index (χ0v) is 13.7. The summed E-state index contributed by atoms with van der Waals surface area (Å²) in [6, 6.07) is 0. The van der Waals surface area contributed by atoms with E-state index in [9.17, 15) is 9.90 Å². The molecule has 0 spiro atoms.